The van der Waals surface area contributed by atoms with E-state index in [9.17, 15) is 9.18 Å². The van der Waals surface area contributed by atoms with E-state index >= 15 is 0 Å². The Bertz CT molecular complexity index is 625. The SMILES string of the molecule is Cn1c(F)c(-c2ccc(Cl)cc2)[n+](C)c1C(N)=O.[I-]. The highest BCUT2D eigenvalue weighted by Crippen LogP contribution is 2.22. The number of amides is 1. The second-order valence-electron chi connectivity index (χ2n) is 3.95. The van der Waals surface area contributed by atoms with Gasteiger partial charge in [0.25, 0.3) is 0 Å². The van der Waals surface area contributed by atoms with Gasteiger partial charge in [0.05, 0.1) is 14.1 Å². The van der Waals surface area contributed by atoms with E-state index < -0.39 is 11.9 Å². The molecule has 1 heterocycles. The molecule has 1 aromatic carbocycles. The number of benzene rings is 1. The van der Waals surface area contributed by atoms with Crippen molar-refractivity contribution < 1.29 is 37.7 Å². The quantitative estimate of drug-likeness (QED) is 0.484. The molecule has 0 aliphatic heterocycles. The molecule has 102 valence electrons. The van der Waals surface area contributed by atoms with Gasteiger partial charge in [0.1, 0.15) is 0 Å². The molecular weight excluding hydrogens is 384 g/mol. The van der Waals surface area contributed by atoms with Crippen molar-refractivity contribution in [1.29, 1.82) is 0 Å². The van der Waals surface area contributed by atoms with Gasteiger partial charge >= 0.3 is 17.7 Å². The minimum absolute atomic E-state index is 0. The van der Waals surface area contributed by atoms with E-state index in [2.05, 4.69) is 0 Å². The normalized spacial score (nSPS) is 10.1. The first-order valence-corrected chi connectivity index (χ1v) is 5.61. The van der Waals surface area contributed by atoms with E-state index in [-0.39, 0.29) is 29.8 Å². The van der Waals surface area contributed by atoms with Crippen LogP contribution in [0, 0.1) is 5.95 Å². The lowest BCUT2D eigenvalue weighted by atomic mass is 10.1. The number of rotatable bonds is 2. The Morgan fingerprint density at radius 1 is 1.37 bits per heavy atom. The third kappa shape index (κ3) is 2.74. The predicted molar refractivity (Wildman–Crippen MR) is 65.5 cm³/mol. The molecule has 1 aromatic heterocycles. The highest BCUT2D eigenvalue weighted by molar-refractivity contribution is 6.30. The van der Waals surface area contributed by atoms with Crippen LogP contribution in [0.15, 0.2) is 24.3 Å². The summed E-state index contributed by atoms with van der Waals surface area (Å²) in [7, 11) is 3.04. The van der Waals surface area contributed by atoms with Crippen LogP contribution in [-0.2, 0) is 14.1 Å². The van der Waals surface area contributed by atoms with Crippen LogP contribution < -0.4 is 34.3 Å². The van der Waals surface area contributed by atoms with E-state index in [1.165, 1.54) is 11.6 Å². The topological polar surface area (TPSA) is 51.9 Å². The molecule has 0 atom stereocenters. The molecule has 7 heteroatoms. The van der Waals surface area contributed by atoms with Crippen molar-refractivity contribution in [2.75, 3.05) is 0 Å². The van der Waals surface area contributed by atoms with Gasteiger partial charge in [-0.3, -0.25) is 4.79 Å². The number of carbonyl (C=O) groups excluding carboxylic acids is 1. The van der Waals surface area contributed by atoms with Gasteiger partial charge in [-0.2, -0.15) is 8.96 Å². The molecule has 1 amide bonds. The zero-order chi connectivity index (χ0) is 13.4. The lowest BCUT2D eigenvalue weighted by molar-refractivity contribution is -0.662. The maximum absolute atomic E-state index is 14.1. The first kappa shape index (κ1) is 15.9. The smallest absolute Gasteiger partial charge is 0.350 e. The monoisotopic (exact) mass is 395 g/mol. The number of nitrogens with zero attached hydrogens (tertiary/aromatic N) is 2. The van der Waals surface area contributed by atoms with E-state index in [0.29, 0.717) is 16.3 Å². The molecule has 4 nitrogen and oxygen atoms in total. The van der Waals surface area contributed by atoms with Crippen LogP contribution in [0.5, 0.6) is 0 Å². The fourth-order valence-corrected chi connectivity index (χ4v) is 2.10. The maximum Gasteiger partial charge on any atom is 0.350 e. The van der Waals surface area contributed by atoms with Crippen molar-refractivity contribution >= 4 is 17.5 Å². The summed E-state index contributed by atoms with van der Waals surface area (Å²) in [6.07, 6.45) is 0. The molecule has 0 radical (unpaired) electrons. The molecule has 0 unspecified atom stereocenters. The summed E-state index contributed by atoms with van der Waals surface area (Å²) in [5, 5.41) is 0.563. The second-order valence-corrected chi connectivity index (χ2v) is 4.39. The van der Waals surface area contributed by atoms with Crippen LogP contribution in [0.1, 0.15) is 10.6 Å². The van der Waals surface area contributed by atoms with Crippen molar-refractivity contribution in [1.82, 2.24) is 4.57 Å². The van der Waals surface area contributed by atoms with Gasteiger partial charge in [-0.05, 0) is 24.3 Å². The predicted octanol–water partition coefficient (Wildman–Crippen LogP) is -1.59. The van der Waals surface area contributed by atoms with Gasteiger partial charge < -0.3 is 29.7 Å². The fourth-order valence-electron chi connectivity index (χ4n) is 1.97. The number of primary amides is 1. The van der Waals surface area contributed by atoms with Crippen LogP contribution in [0.25, 0.3) is 11.3 Å². The summed E-state index contributed by atoms with van der Waals surface area (Å²) in [5.41, 5.74) is 6.15. The Kier molecular flexibility index (Phi) is 4.92. The zero-order valence-electron chi connectivity index (χ0n) is 10.3. The van der Waals surface area contributed by atoms with Crippen LogP contribution in [-0.4, -0.2) is 10.5 Å². The molecular formula is C12H12ClFIN3O. The van der Waals surface area contributed by atoms with Gasteiger partial charge in [0.15, 0.2) is 0 Å². The third-order valence-corrected chi connectivity index (χ3v) is 3.05. The first-order valence-electron chi connectivity index (χ1n) is 5.23. The standard InChI is InChI=1S/C12H11ClFN3O.HI/c1-16-9(7-3-5-8(13)6-4-7)10(14)17(2)12(16)11(15)18;/h3-6H,1-2H3,(H-,15,18);1H. The molecule has 0 aliphatic rings. The minimum Gasteiger partial charge on any atom is -1.00 e. The van der Waals surface area contributed by atoms with Crippen LogP contribution in [0.4, 0.5) is 4.39 Å². The molecule has 2 N–H and O–H groups in total. The van der Waals surface area contributed by atoms with Crippen molar-refractivity contribution in [3.8, 4) is 11.3 Å². The molecule has 0 saturated heterocycles. The van der Waals surface area contributed by atoms with E-state index in [1.54, 1.807) is 31.3 Å². The molecule has 0 fully saturated rings. The number of hydrogen-bond donors (Lipinski definition) is 1. The van der Waals surface area contributed by atoms with Gasteiger partial charge in [-0.25, -0.2) is 4.57 Å². The van der Waals surface area contributed by atoms with E-state index in [1.807, 2.05) is 0 Å². The molecule has 0 saturated carbocycles. The molecule has 0 aliphatic carbocycles. The summed E-state index contributed by atoms with van der Waals surface area (Å²) >= 11 is 5.79. The highest BCUT2D eigenvalue weighted by atomic mass is 127. The van der Waals surface area contributed by atoms with Crippen molar-refractivity contribution in [3.63, 3.8) is 0 Å². The second kappa shape index (κ2) is 5.87. The van der Waals surface area contributed by atoms with Crippen molar-refractivity contribution in [2.45, 2.75) is 0 Å². The zero-order valence-corrected chi connectivity index (χ0v) is 13.2. The number of aromatic nitrogens is 2. The number of hydrogen-bond acceptors (Lipinski definition) is 1. The molecule has 19 heavy (non-hydrogen) atoms. The van der Waals surface area contributed by atoms with Crippen LogP contribution >= 0.6 is 11.6 Å². The Balaban J connectivity index is 0.00000180. The fraction of sp³-hybridized carbons (Fsp3) is 0.167. The maximum atomic E-state index is 14.1. The van der Waals surface area contributed by atoms with Crippen molar-refractivity contribution in [2.24, 2.45) is 19.8 Å². The highest BCUT2D eigenvalue weighted by Gasteiger charge is 2.31. The summed E-state index contributed by atoms with van der Waals surface area (Å²) in [6.45, 7) is 0. The number of nitrogens with two attached hydrogens (primary N) is 1. The summed E-state index contributed by atoms with van der Waals surface area (Å²) in [5.74, 6) is -1.11. The summed E-state index contributed by atoms with van der Waals surface area (Å²) in [4.78, 5) is 11.3. The number of halogens is 3. The largest absolute Gasteiger partial charge is 1.00 e. The minimum atomic E-state index is -0.681. The van der Waals surface area contributed by atoms with Gasteiger partial charge in [0, 0.05) is 10.6 Å². The van der Waals surface area contributed by atoms with Crippen molar-refractivity contribution in [3.05, 3.63) is 41.1 Å². The van der Waals surface area contributed by atoms with E-state index in [4.69, 9.17) is 17.3 Å². The molecule has 2 rings (SSSR count). The molecule has 0 bridgehead atoms. The Hall–Kier alpha value is -1.15. The van der Waals surface area contributed by atoms with Gasteiger partial charge in [-0.1, -0.05) is 11.6 Å². The first-order chi connectivity index (χ1) is 8.43. The Labute approximate surface area is 132 Å². The Morgan fingerprint density at radius 3 is 2.32 bits per heavy atom. The number of carbonyl (C=O) groups is 1. The number of imidazole rings is 1. The van der Waals surface area contributed by atoms with Gasteiger partial charge in [-0.15, -0.1) is 0 Å². The lowest BCUT2D eigenvalue weighted by Crippen LogP contribution is -3.00. The Morgan fingerprint density at radius 2 is 1.89 bits per heavy atom. The molecule has 0 spiro atoms. The van der Waals surface area contributed by atoms with Crippen LogP contribution in [0.2, 0.25) is 5.02 Å². The van der Waals surface area contributed by atoms with Gasteiger partial charge in [0.2, 0.25) is 5.69 Å². The summed E-state index contributed by atoms with van der Waals surface area (Å²) in [6, 6.07) is 6.69. The van der Waals surface area contributed by atoms with Crippen LogP contribution in [0.3, 0.4) is 0 Å². The third-order valence-electron chi connectivity index (χ3n) is 2.80. The average molecular weight is 396 g/mol. The average Bonchev–Trinajstić information content (AvgIpc) is 2.52. The summed E-state index contributed by atoms with van der Waals surface area (Å²) < 4.78 is 16.7. The molecule has 2 aromatic rings. The van der Waals surface area contributed by atoms with E-state index in [0.717, 1.165) is 4.57 Å². The lowest BCUT2D eigenvalue weighted by Gasteiger charge is -1.98.